The molecule has 0 saturated carbocycles. The molecule has 5 aromatic carbocycles. The van der Waals surface area contributed by atoms with Crippen LogP contribution in [-0.2, 0) is 10.4 Å². The Balaban J connectivity index is 1.54. The van der Waals surface area contributed by atoms with Crippen molar-refractivity contribution in [3.05, 3.63) is 167 Å². The van der Waals surface area contributed by atoms with Crippen molar-refractivity contribution in [3.8, 4) is 11.1 Å². The van der Waals surface area contributed by atoms with E-state index in [1.165, 1.54) is 49.3 Å². The normalized spacial score (nSPS) is 18.4. The van der Waals surface area contributed by atoms with Gasteiger partial charge in [-0.05, 0) is 0 Å². The fourth-order valence-electron chi connectivity index (χ4n) is 7.54. The van der Waals surface area contributed by atoms with E-state index in [9.17, 15) is 0 Å². The van der Waals surface area contributed by atoms with Crippen LogP contribution in [0.15, 0.2) is 145 Å². The summed E-state index contributed by atoms with van der Waals surface area (Å²) in [4.78, 5) is 0. The standard InChI is InChI=1S/C15H11.C12H11Si.C10H9.2BrH.Ti/c1-2-6-12(7-3-1)14-10-4-8-13-9-5-11-15(13)14;1-3-7-11(8-4-1)13-12-9-5-2-6-10-12;1-8-6-9-4-2-3-5-10(9)7-8;;;/h1-11H;1-10,13H;2-7H,1H3;2*1H;/q;;;;;+2/p-2. The van der Waals surface area contributed by atoms with Crippen LogP contribution in [0.25, 0.3) is 23.3 Å². The van der Waals surface area contributed by atoms with Gasteiger partial charge in [0.1, 0.15) is 0 Å². The average molecular weight is 711 g/mol. The molecule has 0 N–H and O–H groups in total. The van der Waals surface area contributed by atoms with Gasteiger partial charge in [0.25, 0.3) is 0 Å². The van der Waals surface area contributed by atoms with Crippen LogP contribution < -0.4 is 10.4 Å². The number of hydrogen-bond donors (Lipinski definition) is 0. The molecule has 5 aromatic rings. The minimum absolute atomic E-state index is 0.266. The van der Waals surface area contributed by atoms with Crippen molar-refractivity contribution >= 4 is 55.5 Å². The third-order valence-corrected chi connectivity index (χ3v) is 48.2. The summed E-state index contributed by atoms with van der Waals surface area (Å²) in [6.45, 7) is 0.444. The van der Waals surface area contributed by atoms with Gasteiger partial charge in [-0.1, -0.05) is 0 Å². The number of benzene rings is 5. The summed E-state index contributed by atoms with van der Waals surface area (Å²) in [5, 5.41) is 2.98. The van der Waals surface area contributed by atoms with Crippen LogP contribution in [0.4, 0.5) is 0 Å². The maximum absolute atomic E-state index is 4.92. The Bertz CT molecular complexity index is 1760. The second-order valence-corrected chi connectivity index (χ2v) is 53.1. The molecular weight excluding hydrogens is 680 g/mol. The van der Waals surface area contributed by atoms with E-state index in [4.69, 9.17) is 26.3 Å². The van der Waals surface area contributed by atoms with Gasteiger partial charge in [0.15, 0.2) is 0 Å². The Labute approximate surface area is 257 Å². The summed E-state index contributed by atoms with van der Waals surface area (Å²) in [5.74, 6) is 0. The fourth-order valence-corrected chi connectivity index (χ4v) is 52.0. The van der Waals surface area contributed by atoms with Crippen LogP contribution in [0, 0.1) is 0 Å². The Kier molecular flexibility index (Phi) is 7.08. The summed E-state index contributed by atoms with van der Waals surface area (Å²) < 4.78 is 0.573. The summed E-state index contributed by atoms with van der Waals surface area (Å²) in [6, 6.07) is 49.6. The molecule has 0 radical (unpaired) electrons. The molecule has 0 amide bonds. The Hall–Kier alpha value is -2.53. The van der Waals surface area contributed by atoms with E-state index in [1.807, 2.05) is 0 Å². The van der Waals surface area contributed by atoms with Crippen LogP contribution in [0.1, 0.15) is 37.6 Å². The Morgan fingerprint density at radius 2 is 1.17 bits per heavy atom. The number of hydrogen-bond acceptors (Lipinski definition) is 0. The van der Waals surface area contributed by atoms with Crippen LogP contribution in [0.5, 0.6) is 0 Å². The van der Waals surface area contributed by atoms with Crippen LogP contribution in [0.3, 0.4) is 0 Å². The summed E-state index contributed by atoms with van der Waals surface area (Å²) in [5.41, 5.74) is 9.67. The molecule has 0 spiro atoms. The number of halogens is 2. The molecular formula is C37H31Br2SiTi. The molecule has 0 heterocycles. The first-order valence-corrected chi connectivity index (χ1v) is 28.2. The molecule has 2 aliphatic carbocycles. The van der Waals surface area contributed by atoms with Crippen molar-refractivity contribution < 1.29 is 10.4 Å². The van der Waals surface area contributed by atoms with E-state index >= 15 is 0 Å². The van der Waals surface area contributed by atoms with E-state index in [-0.39, 0.29) is 4.22 Å². The van der Waals surface area contributed by atoms with Crippen molar-refractivity contribution in [1.82, 2.24) is 0 Å². The van der Waals surface area contributed by atoms with Crippen molar-refractivity contribution in [2.45, 2.75) is 15.4 Å². The first-order chi connectivity index (χ1) is 20.0. The molecule has 0 fully saturated rings. The second kappa shape index (κ2) is 10.6. The minimum atomic E-state index is -4.12. The molecule has 41 heavy (non-hydrogen) atoms. The van der Waals surface area contributed by atoms with Gasteiger partial charge >= 0.3 is 260 Å². The maximum atomic E-state index is 4.92. The fraction of sp³-hybridized carbons (Fsp3) is 0.0811. The van der Waals surface area contributed by atoms with Crippen molar-refractivity contribution in [1.29, 1.82) is 0 Å². The summed E-state index contributed by atoms with van der Waals surface area (Å²) in [6.07, 6.45) is 7.39. The monoisotopic (exact) mass is 709 g/mol. The molecule has 2 unspecified atom stereocenters. The zero-order valence-corrected chi connectivity index (χ0v) is 28.8. The van der Waals surface area contributed by atoms with Gasteiger partial charge in [-0.25, -0.2) is 0 Å². The molecule has 0 saturated heterocycles. The zero-order chi connectivity index (χ0) is 28.1. The van der Waals surface area contributed by atoms with Gasteiger partial charge in [-0.15, -0.1) is 0 Å². The Morgan fingerprint density at radius 3 is 1.83 bits per heavy atom. The van der Waals surface area contributed by atoms with E-state index in [1.54, 1.807) is 0 Å². The summed E-state index contributed by atoms with van der Waals surface area (Å²) >= 11 is 9.84. The van der Waals surface area contributed by atoms with Crippen LogP contribution in [-0.4, -0.2) is 6.66 Å². The van der Waals surface area contributed by atoms with Crippen molar-refractivity contribution in [2.75, 3.05) is 0 Å². The molecule has 201 valence electrons. The molecule has 0 aromatic heterocycles. The van der Waals surface area contributed by atoms with Gasteiger partial charge in [-0.2, -0.15) is 0 Å². The number of rotatable bonds is 6. The van der Waals surface area contributed by atoms with Gasteiger partial charge in [-0.3, -0.25) is 0 Å². The third-order valence-electron chi connectivity index (χ3n) is 9.12. The van der Waals surface area contributed by atoms with Gasteiger partial charge in [0, 0.05) is 0 Å². The molecule has 4 heteroatoms. The van der Waals surface area contributed by atoms with Crippen LogP contribution in [0.2, 0.25) is 0 Å². The molecule has 0 bridgehead atoms. The van der Waals surface area contributed by atoms with Crippen molar-refractivity contribution in [3.63, 3.8) is 0 Å². The second-order valence-electron chi connectivity index (χ2n) is 11.4. The number of allylic oxidation sites excluding steroid dienone is 2. The topological polar surface area (TPSA) is 0 Å². The first kappa shape index (κ1) is 27.3. The molecule has 0 nitrogen and oxygen atoms in total. The zero-order valence-electron chi connectivity index (χ0n) is 22.9. The van der Waals surface area contributed by atoms with Gasteiger partial charge < -0.3 is 0 Å². The predicted octanol–water partition coefficient (Wildman–Crippen LogP) is 9.43. The first-order valence-electron chi connectivity index (χ1n) is 14.3. The van der Waals surface area contributed by atoms with E-state index in [2.05, 4.69) is 159 Å². The molecule has 2 atom stereocenters. The van der Waals surface area contributed by atoms with E-state index in [0.717, 1.165) is 0 Å². The molecule has 7 rings (SSSR count). The number of fused-ring (bicyclic) bond motifs is 2. The Morgan fingerprint density at radius 1 is 0.610 bits per heavy atom. The van der Waals surface area contributed by atoms with E-state index in [0.29, 0.717) is 4.22 Å². The van der Waals surface area contributed by atoms with Crippen LogP contribution >= 0.6 is 26.3 Å². The predicted molar refractivity (Wildman–Crippen MR) is 184 cm³/mol. The van der Waals surface area contributed by atoms with E-state index < -0.39 is 17.0 Å². The van der Waals surface area contributed by atoms with Gasteiger partial charge in [0.2, 0.25) is 0 Å². The van der Waals surface area contributed by atoms with Gasteiger partial charge in [0.05, 0.1) is 0 Å². The summed E-state index contributed by atoms with van der Waals surface area (Å²) in [7, 11) is -4.12. The third kappa shape index (κ3) is 4.40. The average Bonchev–Trinajstić information content (AvgIpc) is 3.61. The quantitative estimate of drug-likeness (QED) is 0.154. The molecule has 0 aliphatic heterocycles. The van der Waals surface area contributed by atoms with Crippen molar-refractivity contribution in [2.24, 2.45) is 0 Å². The molecule has 2 aliphatic rings. The SMILES string of the molecule is CC1=Cc2ccccc2[CH]1[Ti]([Br])([Br])([CH]1C=Cc2c(-c3ccccc3)cccc21)[SiH](c1ccccc1)c1ccccc1.